The van der Waals surface area contributed by atoms with Crippen LogP contribution in [0.4, 0.5) is 0 Å². The quantitative estimate of drug-likeness (QED) is 0.891. The summed E-state index contributed by atoms with van der Waals surface area (Å²) in [5.41, 5.74) is 1.19. The molecule has 3 nitrogen and oxygen atoms in total. The minimum absolute atomic E-state index is 0.818. The molecule has 0 aromatic carbocycles. The van der Waals surface area contributed by atoms with Gasteiger partial charge >= 0.3 is 0 Å². The molecule has 0 amide bonds. The van der Waals surface area contributed by atoms with Gasteiger partial charge in [-0.15, -0.1) is 11.3 Å². The van der Waals surface area contributed by atoms with Crippen LogP contribution in [0, 0.1) is 0 Å². The second-order valence-electron chi connectivity index (χ2n) is 3.36. The van der Waals surface area contributed by atoms with Gasteiger partial charge in [-0.1, -0.05) is 11.6 Å². The zero-order valence-electron chi connectivity index (χ0n) is 8.40. The third kappa shape index (κ3) is 3.06. The first kappa shape index (κ1) is 10.7. The Kier molecular flexibility index (Phi) is 3.41. The Morgan fingerprint density at radius 1 is 1.53 bits per heavy atom. The molecule has 0 fully saturated rings. The lowest BCUT2D eigenvalue weighted by atomic mass is 10.3. The molecule has 0 aliphatic carbocycles. The van der Waals surface area contributed by atoms with Crippen molar-refractivity contribution in [2.75, 3.05) is 0 Å². The molecule has 80 valence electrons. The van der Waals surface area contributed by atoms with Gasteiger partial charge in [-0.3, -0.25) is 4.68 Å². The Morgan fingerprint density at radius 3 is 3.00 bits per heavy atom. The fraction of sp³-hybridized carbons (Fsp3) is 0.300. The molecule has 0 bridgehead atoms. The molecule has 1 N–H and O–H groups in total. The van der Waals surface area contributed by atoms with Crippen molar-refractivity contribution in [3.8, 4) is 0 Å². The van der Waals surface area contributed by atoms with Crippen LogP contribution in [0.3, 0.4) is 0 Å². The molecule has 2 rings (SSSR count). The SMILES string of the molecule is Cn1cc(CNCc2cc(Cl)cs2)cn1. The third-order valence-electron chi connectivity index (χ3n) is 2.01. The van der Waals surface area contributed by atoms with Gasteiger partial charge in [0.05, 0.1) is 11.2 Å². The van der Waals surface area contributed by atoms with Gasteiger partial charge in [0.15, 0.2) is 0 Å². The van der Waals surface area contributed by atoms with Crippen LogP contribution in [-0.2, 0) is 20.1 Å². The van der Waals surface area contributed by atoms with Crippen molar-refractivity contribution in [3.05, 3.63) is 39.3 Å². The first-order chi connectivity index (χ1) is 7.24. The number of nitrogens with zero attached hydrogens (tertiary/aromatic N) is 2. The lowest BCUT2D eigenvalue weighted by Crippen LogP contribution is -2.11. The lowest BCUT2D eigenvalue weighted by molar-refractivity contribution is 0.699. The molecular formula is C10H12ClN3S. The smallest absolute Gasteiger partial charge is 0.0534 e. The predicted molar refractivity (Wildman–Crippen MR) is 63.1 cm³/mol. The molecule has 0 radical (unpaired) electrons. The molecule has 0 aliphatic rings. The van der Waals surface area contributed by atoms with E-state index in [9.17, 15) is 0 Å². The van der Waals surface area contributed by atoms with Crippen LogP contribution >= 0.6 is 22.9 Å². The fourth-order valence-electron chi connectivity index (χ4n) is 1.34. The van der Waals surface area contributed by atoms with E-state index < -0.39 is 0 Å². The van der Waals surface area contributed by atoms with E-state index in [1.807, 2.05) is 30.9 Å². The molecule has 2 aromatic rings. The molecule has 0 spiro atoms. The van der Waals surface area contributed by atoms with E-state index in [4.69, 9.17) is 11.6 Å². The molecule has 0 saturated heterocycles. The standard InChI is InChI=1S/C10H12ClN3S/c1-14-6-8(4-13-14)3-12-5-10-2-9(11)7-15-10/h2,4,6-7,12H,3,5H2,1H3. The normalized spacial score (nSPS) is 10.8. The van der Waals surface area contributed by atoms with E-state index in [2.05, 4.69) is 10.4 Å². The topological polar surface area (TPSA) is 29.9 Å². The number of nitrogens with one attached hydrogen (secondary N) is 1. The van der Waals surface area contributed by atoms with Crippen LogP contribution in [0.5, 0.6) is 0 Å². The number of hydrogen-bond acceptors (Lipinski definition) is 3. The van der Waals surface area contributed by atoms with Gasteiger partial charge in [0.25, 0.3) is 0 Å². The second-order valence-corrected chi connectivity index (χ2v) is 4.79. The van der Waals surface area contributed by atoms with Gasteiger partial charge in [-0.25, -0.2) is 0 Å². The van der Waals surface area contributed by atoms with Crippen molar-refractivity contribution >= 4 is 22.9 Å². The molecule has 0 aliphatic heterocycles. The van der Waals surface area contributed by atoms with Gasteiger partial charge in [0.2, 0.25) is 0 Å². The molecule has 5 heteroatoms. The number of thiophene rings is 1. The summed E-state index contributed by atoms with van der Waals surface area (Å²) in [5.74, 6) is 0. The zero-order chi connectivity index (χ0) is 10.7. The molecular weight excluding hydrogens is 230 g/mol. The van der Waals surface area contributed by atoms with E-state index in [1.165, 1.54) is 10.4 Å². The van der Waals surface area contributed by atoms with Crippen molar-refractivity contribution in [1.29, 1.82) is 0 Å². The Morgan fingerprint density at radius 2 is 2.40 bits per heavy atom. The number of rotatable bonds is 4. The predicted octanol–water partition coefficient (Wildman–Crippen LogP) is 2.42. The van der Waals surface area contributed by atoms with Gasteiger partial charge in [-0.05, 0) is 6.07 Å². The van der Waals surface area contributed by atoms with E-state index in [-0.39, 0.29) is 0 Å². The lowest BCUT2D eigenvalue weighted by Gasteiger charge is -1.99. The number of hydrogen-bond donors (Lipinski definition) is 1. The molecule has 0 unspecified atom stereocenters. The average Bonchev–Trinajstić information content (AvgIpc) is 2.76. The highest BCUT2D eigenvalue weighted by atomic mass is 35.5. The first-order valence-electron chi connectivity index (χ1n) is 4.65. The van der Waals surface area contributed by atoms with Crippen LogP contribution in [0.1, 0.15) is 10.4 Å². The van der Waals surface area contributed by atoms with E-state index in [1.54, 1.807) is 16.0 Å². The Bertz CT molecular complexity index is 395. The summed E-state index contributed by atoms with van der Waals surface area (Å²) in [6, 6.07) is 1.99. The molecule has 0 saturated carbocycles. The largest absolute Gasteiger partial charge is 0.308 e. The highest BCUT2D eigenvalue weighted by Gasteiger charge is 1.98. The van der Waals surface area contributed by atoms with Crippen molar-refractivity contribution in [2.45, 2.75) is 13.1 Å². The van der Waals surface area contributed by atoms with Crippen molar-refractivity contribution in [3.63, 3.8) is 0 Å². The summed E-state index contributed by atoms with van der Waals surface area (Å²) in [4.78, 5) is 1.25. The molecule has 0 atom stereocenters. The molecule has 15 heavy (non-hydrogen) atoms. The van der Waals surface area contributed by atoms with E-state index in [0.717, 1.165) is 18.1 Å². The number of halogens is 1. The summed E-state index contributed by atoms with van der Waals surface area (Å²) in [6.45, 7) is 1.69. The van der Waals surface area contributed by atoms with Gasteiger partial charge < -0.3 is 5.32 Å². The Balaban J connectivity index is 1.80. The first-order valence-corrected chi connectivity index (χ1v) is 5.91. The van der Waals surface area contributed by atoms with Gasteiger partial charge in [0.1, 0.15) is 0 Å². The maximum Gasteiger partial charge on any atom is 0.0534 e. The van der Waals surface area contributed by atoms with Gasteiger partial charge in [-0.2, -0.15) is 5.10 Å². The maximum absolute atomic E-state index is 5.83. The monoisotopic (exact) mass is 241 g/mol. The van der Waals surface area contributed by atoms with Crippen LogP contribution < -0.4 is 5.32 Å². The zero-order valence-corrected chi connectivity index (χ0v) is 9.98. The number of aromatic nitrogens is 2. The highest BCUT2D eigenvalue weighted by molar-refractivity contribution is 7.10. The highest BCUT2D eigenvalue weighted by Crippen LogP contribution is 2.18. The van der Waals surface area contributed by atoms with E-state index >= 15 is 0 Å². The van der Waals surface area contributed by atoms with E-state index in [0.29, 0.717) is 0 Å². The molecule has 2 aromatic heterocycles. The van der Waals surface area contributed by atoms with Crippen LogP contribution in [0.25, 0.3) is 0 Å². The summed E-state index contributed by atoms with van der Waals surface area (Å²) >= 11 is 7.50. The van der Waals surface area contributed by atoms with Crippen LogP contribution in [0.15, 0.2) is 23.8 Å². The summed E-state index contributed by atoms with van der Waals surface area (Å²) in [6.07, 6.45) is 3.88. The van der Waals surface area contributed by atoms with Crippen LogP contribution in [-0.4, -0.2) is 9.78 Å². The summed E-state index contributed by atoms with van der Waals surface area (Å²) in [7, 11) is 1.92. The van der Waals surface area contributed by atoms with Crippen LogP contribution in [0.2, 0.25) is 5.02 Å². The number of aryl methyl sites for hydroxylation is 1. The Hall–Kier alpha value is -0.840. The van der Waals surface area contributed by atoms with Crippen molar-refractivity contribution < 1.29 is 0 Å². The second kappa shape index (κ2) is 4.79. The maximum atomic E-state index is 5.83. The molecule has 2 heterocycles. The Labute approximate surface area is 97.7 Å². The summed E-state index contributed by atoms with van der Waals surface area (Å²) in [5, 5.41) is 10.2. The van der Waals surface area contributed by atoms with Crippen molar-refractivity contribution in [2.24, 2.45) is 7.05 Å². The average molecular weight is 242 g/mol. The summed E-state index contributed by atoms with van der Waals surface area (Å²) < 4.78 is 1.80. The van der Waals surface area contributed by atoms with Gasteiger partial charge in [0, 0.05) is 42.2 Å². The van der Waals surface area contributed by atoms with Crippen molar-refractivity contribution in [1.82, 2.24) is 15.1 Å². The fourth-order valence-corrected chi connectivity index (χ4v) is 2.38. The minimum Gasteiger partial charge on any atom is -0.308 e. The minimum atomic E-state index is 0.818. The third-order valence-corrected chi connectivity index (χ3v) is 3.29.